The molecular formula is C9H9IN2. The third kappa shape index (κ3) is 2.41. The monoisotopic (exact) mass is 272 g/mol. The molecule has 0 fully saturated rings. The van der Waals surface area contributed by atoms with Crippen LogP contribution in [0.3, 0.4) is 0 Å². The Balaban J connectivity index is 3.14. The summed E-state index contributed by atoms with van der Waals surface area (Å²) in [6, 6.07) is 1.85. The number of allylic oxidation sites excluding steroid dienone is 1. The Bertz CT molecular complexity index is 314. The molecule has 0 aliphatic carbocycles. The number of pyridine rings is 1. The molecule has 0 amide bonds. The SMILES string of the molecule is C=Nc1ccncc1/C=C(\C)I. The lowest BCUT2D eigenvalue weighted by Crippen LogP contribution is -1.76. The van der Waals surface area contributed by atoms with E-state index in [1.165, 1.54) is 3.58 Å². The summed E-state index contributed by atoms with van der Waals surface area (Å²) in [7, 11) is 0. The van der Waals surface area contributed by atoms with Crippen LogP contribution in [-0.2, 0) is 0 Å². The first-order chi connectivity index (χ1) is 5.74. The molecule has 0 unspecified atom stereocenters. The molecule has 1 aromatic rings. The molecule has 0 N–H and O–H groups in total. The van der Waals surface area contributed by atoms with Crippen LogP contribution in [-0.4, -0.2) is 11.7 Å². The minimum atomic E-state index is 0.876. The third-order valence-electron chi connectivity index (χ3n) is 1.35. The Morgan fingerprint density at radius 3 is 3.08 bits per heavy atom. The van der Waals surface area contributed by atoms with E-state index in [2.05, 4.69) is 39.3 Å². The van der Waals surface area contributed by atoms with Gasteiger partial charge < -0.3 is 0 Å². The van der Waals surface area contributed by atoms with Crippen LogP contribution in [0, 0.1) is 0 Å². The highest BCUT2D eigenvalue weighted by molar-refractivity contribution is 14.1. The van der Waals surface area contributed by atoms with Crippen molar-refractivity contribution in [1.82, 2.24) is 4.98 Å². The van der Waals surface area contributed by atoms with Gasteiger partial charge in [0.15, 0.2) is 0 Å². The number of hydrogen-bond donors (Lipinski definition) is 0. The van der Waals surface area contributed by atoms with E-state index in [9.17, 15) is 0 Å². The maximum atomic E-state index is 4.01. The van der Waals surface area contributed by atoms with E-state index in [0.29, 0.717) is 0 Å². The largest absolute Gasteiger partial charge is 0.264 e. The fourth-order valence-corrected chi connectivity index (χ4v) is 1.20. The Kier molecular flexibility index (Phi) is 3.40. The minimum absolute atomic E-state index is 0.876. The van der Waals surface area contributed by atoms with Gasteiger partial charge in [0.05, 0.1) is 5.69 Å². The van der Waals surface area contributed by atoms with Gasteiger partial charge in [-0.1, -0.05) is 0 Å². The smallest absolute Gasteiger partial charge is 0.0725 e. The maximum absolute atomic E-state index is 4.01. The molecule has 3 heteroatoms. The second-order valence-electron chi connectivity index (χ2n) is 2.32. The van der Waals surface area contributed by atoms with Gasteiger partial charge in [0.1, 0.15) is 0 Å². The van der Waals surface area contributed by atoms with Crippen LogP contribution in [0.2, 0.25) is 0 Å². The summed E-state index contributed by atoms with van der Waals surface area (Å²) < 4.78 is 1.20. The summed E-state index contributed by atoms with van der Waals surface area (Å²) in [5, 5.41) is 0. The molecule has 1 aromatic heterocycles. The third-order valence-corrected chi connectivity index (χ3v) is 1.66. The van der Waals surface area contributed by atoms with Gasteiger partial charge in [0.2, 0.25) is 0 Å². The van der Waals surface area contributed by atoms with Crippen molar-refractivity contribution >= 4 is 41.1 Å². The Hall–Kier alpha value is -0.710. The molecule has 12 heavy (non-hydrogen) atoms. The lowest BCUT2D eigenvalue weighted by Gasteiger charge is -1.97. The van der Waals surface area contributed by atoms with Crippen molar-refractivity contribution in [2.45, 2.75) is 6.92 Å². The van der Waals surface area contributed by atoms with E-state index < -0.39 is 0 Å². The van der Waals surface area contributed by atoms with Crippen LogP contribution in [0.25, 0.3) is 6.08 Å². The second-order valence-corrected chi connectivity index (χ2v) is 4.03. The highest BCUT2D eigenvalue weighted by Crippen LogP contribution is 2.21. The molecule has 1 heterocycles. The summed E-state index contributed by atoms with van der Waals surface area (Å²) in [5.41, 5.74) is 1.89. The first-order valence-corrected chi connectivity index (χ1v) is 4.56. The number of rotatable bonds is 2. The van der Waals surface area contributed by atoms with Crippen LogP contribution >= 0.6 is 22.6 Å². The van der Waals surface area contributed by atoms with E-state index >= 15 is 0 Å². The predicted octanol–water partition coefficient (Wildman–Crippen LogP) is 3.21. The molecule has 0 atom stereocenters. The Labute approximate surface area is 85.6 Å². The zero-order valence-electron chi connectivity index (χ0n) is 6.79. The number of nitrogens with zero attached hydrogens (tertiary/aromatic N) is 2. The summed E-state index contributed by atoms with van der Waals surface area (Å²) >= 11 is 2.25. The first-order valence-electron chi connectivity index (χ1n) is 3.48. The normalized spacial score (nSPS) is 11.3. The zero-order chi connectivity index (χ0) is 8.97. The molecule has 0 radical (unpaired) electrons. The van der Waals surface area contributed by atoms with Crippen LogP contribution in [0.15, 0.2) is 27.0 Å². The van der Waals surface area contributed by atoms with Gasteiger partial charge in [-0.3, -0.25) is 9.98 Å². The molecule has 0 aliphatic heterocycles. The van der Waals surface area contributed by atoms with Gasteiger partial charge in [-0.25, -0.2) is 0 Å². The lowest BCUT2D eigenvalue weighted by molar-refractivity contribution is 1.30. The topological polar surface area (TPSA) is 25.2 Å². The fourth-order valence-electron chi connectivity index (χ4n) is 0.869. The van der Waals surface area contributed by atoms with E-state index in [-0.39, 0.29) is 0 Å². The van der Waals surface area contributed by atoms with Crippen molar-refractivity contribution < 1.29 is 0 Å². The molecule has 0 saturated carbocycles. The summed E-state index contributed by atoms with van der Waals surface area (Å²) in [4.78, 5) is 7.90. The zero-order valence-corrected chi connectivity index (χ0v) is 8.95. The average molecular weight is 272 g/mol. The minimum Gasteiger partial charge on any atom is -0.264 e. The maximum Gasteiger partial charge on any atom is 0.0725 e. The van der Waals surface area contributed by atoms with E-state index in [1.54, 1.807) is 12.4 Å². The van der Waals surface area contributed by atoms with E-state index in [0.717, 1.165) is 11.3 Å². The molecule has 2 nitrogen and oxygen atoms in total. The van der Waals surface area contributed by atoms with Gasteiger partial charge in [-0.05, 0) is 52.0 Å². The van der Waals surface area contributed by atoms with Gasteiger partial charge in [0.25, 0.3) is 0 Å². The number of halogens is 1. The summed E-state index contributed by atoms with van der Waals surface area (Å²) in [6.07, 6.45) is 5.52. The molecule has 62 valence electrons. The first kappa shape index (κ1) is 9.38. The Morgan fingerprint density at radius 2 is 2.50 bits per heavy atom. The molecule has 0 aromatic carbocycles. The molecule has 0 bridgehead atoms. The van der Waals surface area contributed by atoms with Crippen molar-refractivity contribution in [3.63, 3.8) is 0 Å². The van der Waals surface area contributed by atoms with Crippen LogP contribution in [0.4, 0.5) is 5.69 Å². The van der Waals surface area contributed by atoms with Crippen molar-refractivity contribution in [2.75, 3.05) is 0 Å². The molecule has 0 saturated heterocycles. The van der Waals surface area contributed by atoms with E-state index in [4.69, 9.17) is 0 Å². The van der Waals surface area contributed by atoms with Crippen LogP contribution in [0.1, 0.15) is 12.5 Å². The highest BCUT2D eigenvalue weighted by atomic mass is 127. The van der Waals surface area contributed by atoms with Crippen molar-refractivity contribution in [3.05, 3.63) is 27.6 Å². The fraction of sp³-hybridized carbons (Fsp3) is 0.111. The molecule has 1 rings (SSSR count). The van der Waals surface area contributed by atoms with Crippen LogP contribution in [0.5, 0.6) is 0 Å². The van der Waals surface area contributed by atoms with Crippen LogP contribution < -0.4 is 0 Å². The summed E-state index contributed by atoms with van der Waals surface area (Å²) in [5.74, 6) is 0. The van der Waals surface area contributed by atoms with Gasteiger partial charge in [0, 0.05) is 18.0 Å². The van der Waals surface area contributed by atoms with Crippen molar-refractivity contribution in [2.24, 2.45) is 4.99 Å². The molecule has 0 spiro atoms. The number of aliphatic imine (C=N–C) groups is 1. The number of aromatic nitrogens is 1. The van der Waals surface area contributed by atoms with E-state index in [1.807, 2.05) is 19.1 Å². The van der Waals surface area contributed by atoms with Crippen molar-refractivity contribution in [1.29, 1.82) is 0 Å². The Morgan fingerprint density at radius 1 is 1.75 bits per heavy atom. The predicted molar refractivity (Wildman–Crippen MR) is 61.1 cm³/mol. The average Bonchev–Trinajstić information content (AvgIpc) is 2.04. The van der Waals surface area contributed by atoms with Gasteiger partial charge >= 0.3 is 0 Å². The van der Waals surface area contributed by atoms with Gasteiger partial charge in [-0.2, -0.15) is 0 Å². The quantitative estimate of drug-likeness (QED) is 0.599. The standard InChI is InChI=1S/C9H9IN2/c1-7(10)5-8-6-12-4-3-9(8)11-2/h3-6H,2H2,1H3/b7-5+. The second kappa shape index (κ2) is 4.35. The highest BCUT2D eigenvalue weighted by Gasteiger charge is 1.95. The summed E-state index contributed by atoms with van der Waals surface area (Å²) in [6.45, 7) is 5.52. The lowest BCUT2D eigenvalue weighted by atomic mass is 10.2. The van der Waals surface area contributed by atoms with Crippen molar-refractivity contribution in [3.8, 4) is 0 Å². The number of hydrogen-bond acceptors (Lipinski definition) is 2. The van der Waals surface area contributed by atoms with Gasteiger partial charge in [-0.15, -0.1) is 0 Å². The molecule has 0 aliphatic rings. The molecular weight excluding hydrogens is 263 g/mol.